The molecule has 2 unspecified atom stereocenters. The Labute approximate surface area is 88.3 Å². The highest BCUT2D eigenvalue weighted by atomic mass is 35.5. The van der Waals surface area contributed by atoms with Gasteiger partial charge in [-0.25, -0.2) is 4.39 Å². The van der Waals surface area contributed by atoms with Crippen LogP contribution in [0.3, 0.4) is 0 Å². The van der Waals surface area contributed by atoms with Gasteiger partial charge in [-0.2, -0.15) is 0 Å². The highest BCUT2D eigenvalue weighted by Gasteiger charge is 2.54. The quantitative estimate of drug-likeness (QED) is 0.703. The highest BCUT2D eigenvalue weighted by Crippen LogP contribution is 2.56. The first-order valence-corrected chi connectivity index (χ1v) is 5.44. The Bertz CT molecular complexity index is 325. The summed E-state index contributed by atoms with van der Waals surface area (Å²) in [5.41, 5.74) is 1.13. The van der Waals surface area contributed by atoms with E-state index >= 15 is 0 Å². The molecule has 1 heterocycles. The van der Waals surface area contributed by atoms with Crippen molar-refractivity contribution in [3.63, 3.8) is 0 Å². The van der Waals surface area contributed by atoms with E-state index in [1.54, 1.807) is 6.07 Å². The lowest BCUT2D eigenvalue weighted by Gasteiger charge is -2.13. The first-order chi connectivity index (χ1) is 6.73. The van der Waals surface area contributed by atoms with Gasteiger partial charge in [-0.05, 0) is 30.9 Å². The largest absolute Gasteiger partial charge is 0.258 e. The van der Waals surface area contributed by atoms with E-state index in [-0.39, 0.29) is 11.2 Å². The maximum atomic E-state index is 12.7. The summed E-state index contributed by atoms with van der Waals surface area (Å²) in [6.45, 7) is 2.14. The van der Waals surface area contributed by atoms with Crippen LogP contribution in [0.1, 0.15) is 25.5 Å². The minimum Gasteiger partial charge on any atom is -0.258 e. The second-order valence-corrected chi connectivity index (χ2v) is 4.24. The van der Waals surface area contributed by atoms with Gasteiger partial charge in [0.25, 0.3) is 0 Å². The van der Waals surface area contributed by atoms with E-state index in [9.17, 15) is 4.39 Å². The fourth-order valence-corrected chi connectivity index (χ4v) is 2.59. The molecule has 76 valence electrons. The number of hydrogen-bond acceptors (Lipinski definition) is 1. The fraction of sp³-hybridized carbons (Fsp3) is 0.545. The zero-order chi connectivity index (χ0) is 10.2. The summed E-state index contributed by atoms with van der Waals surface area (Å²) < 4.78 is 12.7. The lowest BCUT2D eigenvalue weighted by Crippen LogP contribution is -2.11. The highest BCUT2D eigenvalue weighted by molar-refractivity contribution is 6.18. The van der Waals surface area contributed by atoms with Crippen LogP contribution in [0, 0.1) is 11.7 Å². The molecule has 1 aliphatic carbocycles. The standard InChI is InChI=1S/C11H13ClFN/c1-2-11(5-8(11)6-12)10-4-3-9(13)7-14-10/h3-4,7-8H,2,5-6H2,1H3. The Morgan fingerprint density at radius 1 is 1.64 bits per heavy atom. The van der Waals surface area contributed by atoms with E-state index in [0.717, 1.165) is 18.5 Å². The van der Waals surface area contributed by atoms with Crippen molar-refractivity contribution >= 4 is 11.6 Å². The van der Waals surface area contributed by atoms with Crippen LogP contribution in [0.25, 0.3) is 0 Å². The summed E-state index contributed by atoms with van der Waals surface area (Å²) in [6, 6.07) is 3.26. The first kappa shape index (κ1) is 9.91. The van der Waals surface area contributed by atoms with Gasteiger partial charge >= 0.3 is 0 Å². The SMILES string of the molecule is CCC1(c2ccc(F)cn2)CC1CCl. The first-order valence-electron chi connectivity index (χ1n) is 4.91. The Kier molecular flexibility index (Phi) is 2.48. The van der Waals surface area contributed by atoms with Crippen LogP contribution in [0.5, 0.6) is 0 Å². The Balaban J connectivity index is 2.26. The molecule has 0 radical (unpaired) electrons. The van der Waals surface area contributed by atoms with Gasteiger partial charge in [-0.3, -0.25) is 4.98 Å². The second-order valence-electron chi connectivity index (χ2n) is 3.93. The monoisotopic (exact) mass is 213 g/mol. The predicted octanol–water partition coefficient (Wildman–Crippen LogP) is 3.13. The summed E-state index contributed by atoms with van der Waals surface area (Å²) >= 11 is 5.84. The summed E-state index contributed by atoms with van der Waals surface area (Å²) in [6.07, 6.45) is 3.41. The molecule has 14 heavy (non-hydrogen) atoms. The second kappa shape index (κ2) is 3.50. The third-order valence-electron chi connectivity index (χ3n) is 3.29. The number of aromatic nitrogens is 1. The van der Waals surface area contributed by atoms with Gasteiger partial charge in [0.05, 0.1) is 6.20 Å². The molecule has 2 atom stereocenters. The van der Waals surface area contributed by atoms with Crippen molar-refractivity contribution in [3.8, 4) is 0 Å². The molecular formula is C11H13ClFN. The van der Waals surface area contributed by atoms with Crippen LogP contribution in [0.2, 0.25) is 0 Å². The third kappa shape index (κ3) is 1.42. The van der Waals surface area contributed by atoms with E-state index in [1.807, 2.05) is 0 Å². The Hall–Kier alpha value is -0.630. The average Bonchev–Trinajstić information content (AvgIpc) is 2.94. The molecular weight excluding hydrogens is 201 g/mol. The van der Waals surface area contributed by atoms with Gasteiger partial charge in [0, 0.05) is 17.0 Å². The maximum absolute atomic E-state index is 12.7. The Morgan fingerprint density at radius 2 is 2.43 bits per heavy atom. The molecule has 1 aromatic heterocycles. The molecule has 1 aliphatic rings. The molecule has 1 nitrogen and oxygen atoms in total. The molecule has 0 bridgehead atoms. The molecule has 0 N–H and O–H groups in total. The van der Waals surface area contributed by atoms with Crippen LogP contribution in [-0.4, -0.2) is 10.9 Å². The van der Waals surface area contributed by atoms with E-state index < -0.39 is 0 Å². The number of halogens is 2. The minimum atomic E-state index is -0.275. The molecule has 0 spiro atoms. The van der Waals surface area contributed by atoms with Gasteiger partial charge in [-0.15, -0.1) is 11.6 Å². The molecule has 1 saturated carbocycles. The third-order valence-corrected chi connectivity index (χ3v) is 3.66. The molecule has 0 saturated heterocycles. The lowest BCUT2D eigenvalue weighted by atomic mass is 9.96. The van der Waals surface area contributed by atoms with E-state index in [1.165, 1.54) is 12.3 Å². The average molecular weight is 214 g/mol. The lowest BCUT2D eigenvalue weighted by molar-refractivity contribution is 0.575. The zero-order valence-corrected chi connectivity index (χ0v) is 8.89. The minimum absolute atomic E-state index is 0.134. The number of rotatable bonds is 3. The predicted molar refractivity (Wildman–Crippen MR) is 55.0 cm³/mol. The zero-order valence-electron chi connectivity index (χ0n) is 8.13. The molecule has 2 rings (SSSR count). The number of alkyl halides is 1. The van der Waals surface area contributed by atoms with E-state index in [4.69, 9.17) is 11.6 Å². The molecule has 1 fully saturated rings. The Morgan fingerprint density at radius 3 is 2.86 bits per heavy atom. The van der Waals surface area contributed by atoms with Crippen molar-refractivity contribution in [1.82, 2.24) is 4.98 Å². The van der Waals surface area contributed by atoms with Gasteiger partial charge in [0.1, 0.15) is 5.82 Å². The molecule has 0 amide bonds. The summed E-state index contributed by atoms with van der Waals surface area (Å²) in [5.74, 6) is 0.919. The summed E-state index contributed by atoms with van der Waals surface area (Å²) in [7, 11) is 0. The van der Waals surface area contributed by atoms with Crippen molar-refractivity contribution in [1.29, 1.82) is 0 Å². The fourth-order valence-electron chi connectivity index (χ4n) is 2.18. The van der Waals surface area contributed by atoms with Crippen molar-refractivity contribution < 1.29 is 4.39 Å². The molecule has 0 aliphatic heterocycles. The van der Waals surface area contributed by atoms with Gasteiger partial charge in [0.15, 0.2) is 0 Å². The normalized spacial score (nSPS) is 30.4. The topological polar surface area (TPSA) is 12.9 Å². The van der Waals surface area contributed by atoms with E-state index in [0.29, 0.717) is 11.8 Å². The maximum Gasteiger partial charge on any atom is 0.141 e. The van der Waals surface area contributed by atoms with Gasteiger partial charge in [0.2, 0.25) is 0 Å². The van der Waals surface area contributed by atoms with Gasteiger partial charge < -0.3 is 0 Å². The molecule has 1 aromatic rings. The smallest absolute Gasteiger partial charge is 0.141 e. The molecule has 0 aromatic carbocycles. The van der Waals surface area contributed by atoms with Crippen LogP contribution in [-0.2, 0) is 5.41 Å². The summed E-state index contributed by atoms with van der Waals surface area (Å²) in [5, 5.41) is 0. The van der Waals surface area contributed by atoms with Crippen molar-refractivity contribution in [2.24, 2.45) is 5.92 Å². The van der Waals surface area contributed by atoms with Crippen molar-refractivity contribution in [2.75, 3.05) is 5.88 Å². The van der Waals surface area contributed by atoms with Crippen LogP contribution < -0.4 is 0 Å². The molecule has 3 heteroatoms. The van der Waals surface area contributed by atoms with Crippen LogP contribution in [0.4, 0.5) is 4.39 Å². The van der Waals surface area contributed by atoms with Gasteiger partial charge in [-0.1, -0.05) is 6.92 Å². The van der Waals surface area contributed by atoms with E-state index in [2.05, 4.69) is 11.9 Å². The number of pyridine rings is 1. The van der Waals surface area contributed by atoms with Crippen LogP contribution >= 0.6 is 11.6 Å². The number of hydrogen-bond donors (Lipinski definition) is 0. The summed E-state index contributed by atoms with van der Waals surface area (Å²) in [4.78, 5) is 4.15. The van der Waals surface area contributed by atoms with Crippen molar-refractivity contribution in [3.05, 3.63) is 29.8 Å². The van der Waals surface area contributed by atoms with Crippen LogP contribution in [0.15, 0.2) is 18.3 Å². The van der Waals surface area contributed by atoms with Crippen molar-refractivity contribution in [2.45, 2.75) is 25.2 Å². The number of nitrogens with zero attached hydrogens (tertiary/aromatic N) is 1.